The second-order valence-electron chi connectivity index (χ2n) is 14.2. The predicted octanol–water partition coefficient (Wildman–Crippen LogP) is 10.9. The summed E-state index contributed by atoms with van der Waals surface area (Å²) in [4.78, 5) is 34.8. The molecule has 0 spiro atoms. The minimum Gasteiger partial charge on any atom is -0.462 e. The smallest absolute Gasteiger partial charge is 0.462 e. The lowest BCUT2D eigenvalue weighted by Gasteiger charge is -2.19. The van der Waals surface area contributed by atoms with Crippen molar-refractivity contribution in [1.29, 1.82) is 0 Å². The fourth-order valence-corrected chi connectivity index (χ4v) is 6.54. The molecule has 0 aromatic carbocycles. The number of hydrogen-bond donors (Lipinski definition) is 2. The minimum atomic E-state index is -4.40. The number of carbonyl (C=O) groups is 2. The van der Waals surface area contributed by atoms with Crippen molar-refractivity contribution in [3.05, 3.63) is 48.6 Å². The number of carbonyl (C=O) groups excluding carboxylic acids is 2. The van der Waals surface area contributed by atoms with E-state index in [4.69, 9.17) is 29.0 Å². The number of unbranched alkanes of at least 4 members (excludes halogenated alkanes) is 15. The van der Waals surface area contributed by atoms with Gasteiger partial charge in [-0.05, 0) is 77.0 Å². The maximum Gasteiger partial charge on any atom is 0.472 e. The maximum atomic E-state index is 12.6. The molecule has 4 atom stereocenters. The Kier molecular flexibility index (Phi) is 32.7. The van der Waals surface area contributed by atoms with E-state index >= 15 is 0 Å². The van der Waals surface area contributed by atoms with Crippen molar-refractivity contribution in [3.8, 4) is 0 Å². The fraction of sp³-hybridized carbons (Fsp3) is 0.767. The average Bonchev–Trinajstić information content (AvgIpc) is 3.91. The topological polar surface area (TPSA) is 147 Å². The normalized spacial score (nSPS) is 17.6. The monoisotopic (exact) mass is 782 g/mol. The molecule has 1 saturated heterocycles. The first-order valence-corrected chi connectivity index (χ1v) is 22.7. The van der Waals surface area contributed by atoms with Crippen LogP contribution in [0.3, 0.4) is 0 Å². The first kappa shape index (κ1) is 49.9. The van der Waals surface area contributed by atoms with E-state index in [2.05, 4.69) is 56.4 Å². The highest BCUT2D eigenvalue weighted by Gasteiger charge is 2.36. The molecular weight excluding hydrogens is 705 g/mol. The SMILES string of the molecule is CCCCC/C=C\CC1OC1C/C=C\C/C=C\CCCC(=O)OC(COC(=O)CCCCCCC/C=C\CCCCCCCC)COP(=O)(O)OCCN. The number of phosphoric ester groups is 1. The number of hydrogen-bond acceptors (Lipinski definition) is 9. The summed E-state index contributed by atoms with van der Waals surface area (Å²) in [5.74, 6) is -0.912. The molecule has 0 aliphatic carbocycles. The van der Waals surface area contributed by atoms with Gasteiger partial charge in [0.25, 0.3) is 0 Å². The van der Waals surface area contributed by atoms with Crippen LogP contribution in [0.5, 0.6) is 0 Å². The van der Waals surface area contributed by atoms with E-state index in [1.807, 2.05) is 6.08 Å². The highest BCUT2D eigenvalue weighted by atomic mass is 31.2. The molecule has 10 nitrogen and oxygen atoms in total. The zero-order chi connectivity index (χ0) is 39.4. The minimum absolute atomic E-state index is 0.0399. The van der Waals surface area contributed by atoms with E-state index < -0.39 is 32.5 Å². The first-order chi connectivity index (χ1) is 26.3. The molecule has 0 saturated carbocycles. The van der Waals surface area contributed by atoms with Crippen LogP contribution in [0.4, 0.5) is 0 Å². The molecule has 0 bridgehead atoms. The zero-order valence-corrected chi connectivity index (χ0v) is 34.8. The van der Waals surface area contributed by atoms with Crippen molar-refractivity contribution >= 4 is 19.8 Å². The molecule has 312 valence electrons. The lowest BCUT2D eigenvalue weighted by atomic mass is 10.1. The van der Waals surface area contributed by atoms with E-state index in [0.29, 0.717) is 31.5 Å². The molecule has 11 heteroatoms. The molecule has 0 aromatic rings. The number of nitrogens with two attached hydrogens (primary N) is 1. The van der Waals surface area contributed by atoms with Crippen LogP contribution >= 0.6 is 7.82 Å². The molecule has 54 heavy (non-hydrogen) atoms. The highest BCUT2D eigenvalue weighted by molar-refractivity contribution is 7.47. The summed E-state index contributed by atoms with van der Waals surface area (Å²) in [7, 11) is -4.40. The molecule has 1 heterocycles. The molecule has 0 radical (unpaired) electrons. The summed E-state index contributed by atoms with van der Waals surface area (Å²) in [5, 5.41) is 0. The van der Waals surface area contributed by atoms with Crippen LogP contribution in [-0.2, 0) is 37.4 Å². The van der Waals surface area contributed by atoms with Gasteiger partial charge in [-0.2, -0.15) is 0 Å². The Labute approximate surface area is 328 Å². The number of rotatable bonds is 38. The Morgan fingerprint density at radius 3 is 1.81 bits per heavy atom. The lowest BCUT2D eigenvalue weighted by Crippen LogP contribution is -2.29. The van der Waals surface area contributed by atoms with Crippen LogP contribution in [0.2, 0.25) is 0 Å². The third kappa shape index (κ3) is 32.2. The molecule has 1 aliphatic rings. The maximum absolute atomic E-state index is 12.6. The van der Waals surface area contributed by atoms with Crippen LogP contribution < -0.4 is 5.73 Å². The summed E-state index contributed by atoms with van der Waals surface area (Å²) in [6.07, 6.45) is 41.7. The van der Waals surface area contributed by atoms with E-state index in [9.17, 15) is 19.0 Å². The van der Waals surface area contributed by atoms with Gasteiger partial charge in [-0.1, -0.05) is 127 Å². The van der Waals surface area contributed by atoms with Gasteiger partial charge >= 0.3 is 19.8 Å². The number of epoxide rings is 1. The van der Waals surface area contributed by atoms with Crippen LogP contribution in [0.25, 0.3) is 0 Å². The van der Waals surface area contributed by atoms with Gasteiger partial charge in [0.15, 0.2) is 6.10 Å². The summed E-state index contributed by atoms with van der Waals surface area (Å²) in [6, 6.07) is 0. The van der Waals surface area contributed by atoms with Crippen molar-refractivity contribution in [3.63, 3.8) is 0 Å². The van der Waals surface area contributed by atoms with E-state index in [0.717, 1.165) is 57.8 Å². The standard InChI is InChI=1S/C43H76NO9P/c1-3-5-7-9-11-12-13-14-15-16-17-18-21-25-29-33-42(45)49-37-39(38-51-54(47,48)50-36-35-44)52-43(46)34-30-26-22-19-20-24-28-32-41-40(53-41)31-27-23-10-8-6-4-2/h14-15,19,22-24,27-28,39-41H,3-13,16-18,20-21,25-26,29-38,44H2,1-2H3,(H,47,48)/b15-14-,22-19-,27-23-,28-24-. The fourth-order valence-electron chi connectivity index (χ4n) is 5.78. The van der Waals surface area contributed by atoms with Crippen molar-refractivity contribution in [2.75, 3.05) is 26.4 Å². The Morgan fingerprint density at radius 2 is 1.15 bits per heavy atom. The van der Waals surface area contributed by atoms with Gasteiger partial charge in [0.1, 0.15) is 6.61 Å². The Hall–Kier alpha value is -2.07. The van der Waals surface area contributed by atoms with Gasteiger partial charge in [0.05, 0.1) is 25.4 Å². The van der Waals surface area contributed by atoms with Gasteiger partial charge in [-0.3, -0.25) is 18.6 Å². The molecular formula is C43H76NO9P. The van der Waals surface area contributed by atoms with Crippen molar-refractivity contribution in [2.24, 2.45) is 5.73 Å². The highest BCUT2D eigenvalue weighted by Crippen LogP contribution is 2.43. The van der Waals surface area contributed by atoms with Crippen molar-refractivity contribution in [2.45, 2.75) is 186 Å². The van der Waals surface area contributed by atoms with E-state index in [1.54, 1.807) is 0 Å². The molecule has 4 unspecified atom stereocenters. The number of allylic oxidation sites excluding steroid dienone is 6. The molecule has 1 rings (SSSR count). The third-order valence-corrected chi connectivity index (χ3v) is 10.1. The van der Waals surface area contributed by atoms with Crippen molar-refractivity contribution in [1.82, 2.24) is 0 Å². The second kappa shape index (κ2) is 35.4. The average molecular weight is 782 g/mol. The Balaban J connectivity index is 2.24. The quantitative estimate of drug-likeness (QED) is 0.0204. The van der Waals surface area contributed by atoms with Crippen LogP contribution in [-0.4, -0.2) is 61.5 Å². The predicted molar refractivity (Wildman–Crippen MR) is 219 cm³/mol. The summed E-state index contributed by atoms with van der Waals surface area (Å²) < 4.78 is 38.4. The molecule has 3 N–H and O–H groups in total. The molecule has 1 aliphatic heterocycles. The molecule has 0 amide bonds. The van der Waals surface area contributed by atoms with Crippen LogP contribution in [0.15, 0.2) is 48.6 Å². The molecule has 1 fully saturated rings. The summed E-state index contributed by atoms with van der Waals surface area (Å²) >= 11 is 0. The van der Waals surface area contributed by atoms with Gasteiger partial charge in [0, 0.05) is 19.4 Å². The van der Waals surface area contributed by atoms with E-state index in [1.165, 1.54) is 64.2 Å². The molecule has 0 aromatic heterocycles. The second-order valence-corrected chi connectivity index (χ2v) is 15.7. The number of phosphoric acid groups is 1. The summed E-state index contributed by atoms with van der Waals surface area (Å²) in [6.45, 7) is 3.60. The van der Waals surface area contributed by atoms with Crippen molar-refractivity contribution < 1.29 is 42.3 Å². The van der Waals surface area contributed by atoms with Crippen LogP contribution in [0.1, 0.15) is 168 Å². The summed E-state index contributed by atoms with van der Waals surface area (Å²) in [5.41, 5.74) is 5.34. The zero-order valence-electron chi connectivity index (χ0n) is 33.9. The Bertz CT molecular complexity index is 1090. The largest absolute Gasteiger partial charge is 0.472 e. The Morgan fingerprint density at radius 1 is 0.648 bits per heavy atom. The third-order valence-electron chi connectivity index (χ3n) is 9.09. The number of esters is 2. The van der Waals surface area contributed by atoms with Gasteiger partial charge in [0.2, 0.25) is 0 Å². The van der Waals surface area contributed by atoms with Gasteiger partial charge < -0.3 is 24.8 Å². The van der Waals surface area contributed by atoms with Gasteiger partial charge in [-0.25, -0.2) is 4.57 Å². The van der Waals surface area contributed by atoms with E-state index in [-0.39, 0.29) is 32.6 Å². The van der Waals surface area contributed by atoms with Crippen LogP contribution in [0, 0.1) is 0 Å². The lowest BCUT2D eigenvalue weighted by molar-refractivity contribution is -0.161. The number of ether oxygens (including phenoxy) is 3. The van der Waals surface area contributed by atoms with Gasteiger partial charge in [-0.15, -0.1) is 0 Å². The first-order valence-electron chi connectivity index (χ1n) is 21.2.